The molecule has 0 bridgehead atoms. The van der Waals surface area contributed by atoms with E-state index in [1.807, 2.05) is 6.92 Å². The molecular formula is C8H10O2. The molecule has 0 aliphatic rings. The Kier molecular flexibility index (Phi) is 5.47. The van der Waals surface area contributed by atoms with Crippen LogP contribution in [-0.2, 0) is 4.79 Å². The highest BCUT2D eigenvalue weighted by atomic mass is 16.3. The summed E-state index contributed by atoms with van der Waals surface area (Å²) in [7, 11) is 0. The molecule has 0 saturated carbocycles. The van der Waals surface area contributed by atoms with Crippen LogP contribution in [0.5, 0.6) is 0 Å². The first-order valence-corrected chi connectivity index (χ1v) is 3.19. The van der Waals surface area contributed by atoms with E-state index in [0.717, 1.165) is 12.5 Å². The van der Waals surface area contributed by atoms with E-state index in [9.17, 15) is 4.79 Å². The van der Waals surface area contributed by atoms with Crippen molar-refractivity contribution in [3.63, 3.8) is 0 Å². The second kappa shape index (κ2) is 6.10. The van der Waals surface area contributed by atoms with Gasteiger partial charge in [0.05, 0.1) is 6.08 Å². The van der Waals surface area contributed by atoms with Crippen LogP contribution in [0.3, 0.4) is 0 Å². The van der Waals surface area contributed by atoms with Crippen molar-refractivity contribution < 1.29 is 9.90 Å². The molecule has 1 atom stereocenters. The van der Waals surface area contributed by atoms with E-state index in [0.29, 0.717) is 6.42 Å². The van der Waals surface area contributed by atoms with Crippen LogP contribution in [0, 0.1) is 11.8 Å². The first-order valence-electron chi connectivity index (χ1n) is 3.19. The molecule has 10 heavy (non-hydrogen) atoms. The van der Waals surface area contributed by atoms with E-state index < -0.39 is 6.10 Å². The fourth-order valence-corrected chi connectivity index (χ4v) is 0.513. The lowest BCUT2D eigenvalue weighted by Crippen LogP contribution is -2.00. The quantitative estimate of drug-likeness (QED) is 0.446. The minimum Gasteiger partial charge on any atom is -0.380 e. The summed E-state index contributed by atoms with van der Waals surface area (Å²) in [4.78, 5) is 9.58. The van der Waals surface area contributed by atoms with E-state index in [1.165, 1.54) is 5.94 Å². The Balaban J connectivity index is 3.67. The highest BCUT2D eigenvalue weighted by Crippen LogP contribution is 1.92. The zero-order valence-corrected chi connectivity index (χ0v) is 5.92. The molecule has 0 rings (SSSR count). The summed E-state index contributed by atoms with van der Waals surface area (Å²) in [6.45, 7) is 1.96. The maximum Gasteiger partial charge on any atom is 0.133 e. The molecule has 54 valence electrons. The molecule has 1 N–H and O–H groups in total. The summed E-state index contributed by atoms with van der Waals surface area (Å²) < 4.78 is 0. The van der Waals surface area contributed by atoms with Gasteiger partial charge in [-0.3, -0.25) is 0 Å². The minimum atomic E-state index is -0.602. The van der Waals surface area contributed by atoms with Crippen LogP contribution < -0.4 is 0 Å². The van der Waals surface area contributed by atoms with Crippen LogP contribution in [0.1, 0.15) is 19.8 Å². The molecule has 0 heterocycles. The van der Waals surface area contributed by atoms with E-state index in [1.54, 1.807) is 0 Å². The fourth-order valence-electron chi connectivity index (χ4n) is 0.513. The standard InChI is InChI=1S/C8H10O2/c1-2-5-8(10)6-3-4-7-9/h4,8,10H,2,5H2,1H3. The molecule has 0 spiro atoms. The number of carbonyl (C=O) groups excluding carboxylic acids is 1. The van der Waals surface area contributed by atoms with Crippen molar-refractivity contribution in [3.05, 3.63) is 6.08 Å². The number of aliphatic hydroxyl groups excluding tert-OH is 1. The van der Waals surface area contributed by atoms with Crippen molar-refractivity contribution in [2.75, 3.05) is 0 Å². The van der Waals surface area contributed by atoms with Gasteiger partial charge in [-0.1, -0.05) is 25.2 Å². The first-order chi connectivity index (χ1) is 4.81. The molecule has 2 heteroatoms. The van der Waals surface area contributed by atoms with Crippen molar-refractivity contribution in [2.45, 2.75) is 25.9 Å². The molecule has 1 unspecified atom stereocenters. The van der Waals surface area contributed by atoms with Gasteiger partial charge in [0, 0.05) is 0 Å². The number of aliphatic hydroxyl groups is 1. The van der Waals surface area contributed by atoms with Gasteiger partial charge in [0.15, 0.2) is 0 Å². The Labute approximate surface area is 60.6 Å². The number of allylic oxidation sites excluding steroid dienone is 1. The zero-order valence-electron chi connectivity index (χ0n) is 5.92. The Bertz CT molecular complexity index is 179. The SMILES string of the molecule is CCCC(O)C#CC=C=O. The molecule has 0 aromatic carbocycles. The summed E-state index contributed by atoms with van der Waals surface area (Å²) in [6, 6.07) is 0. The highest BCUT2D eigenvalue weighted by Gasteiger charge is 1.92. The lowest BCUT2D eigenvalue weighted by Gasteiger charge is -1.95. The third kappa shape index (κ3) is 5.11. The smallest absolute Gasteiger partial charge is 0.133 e. The molecular weight excluding hydrogens is 128 g/mol. The lowest BCUT2D eigenvalue weighted by atomic mass is 10.2. The van der Waals surface area contributed by atoms with Gasteiger partial charge >= 0.3 is 0 Å². The molecule has 0 saturated heterocycles. The van der Waals surface area contributed by atoms with Crippen molar-refractivity contribution in [1.29, 1.82) is 0 Å². The van der Waals surface area contributed by atoms with Gasteiger partial charge in [0.25, 0.3) is 0 Å². The monoisotopic (exact) mass is 138 g/mol. The van der Waals surface area contributed by atoms with Gasteiger partial charge in [-0.2, -0.15) is 0 Å². The largest absolute Gasteiger partial charge is 0.380 e. The second-order valence-corrected chi connectivity index (χ2v) is 1.86. The highest BCUT2D eigenvalue weighted by molar-refractivity contribution is 5.51. The van der Waals surface area contributed by atoms with E-state index in [2.05, 4.69) is 11.8 Å². The number of rotatable bonds is 2. The van der Waals surface area contributed by atoms with Crippen molar-refractivity contribution in [2.24, 2.45) is 0 Å². The topological polar surface area (TPSA) is 37.3 Å². The van der Waals surface area contributed by atoms with Gasteiger partial charge in [0.2, 0.25) is 0 Å². The number of hydrogen-bond donors (Lipinski definition) is 1. The molecule has 0 aliphatic carbocycles. The molecule has 0 amide bonds. The van der Waals surface area contributed by atoms with E-state index in [-0.39, 0.29) is 0 Å². The predicted octanol–water partition coefficient (Wildman–Crippen LogP) is 0.539. The van der Waals surface area contributed by atoms with E-state index >= 15 is 0 Å². The molecule has 0 fully saturated rings. The van der Waals surface area contributed by atoms with Crippen molar-refractivity contribution in [1.82, 2.24) is 0 Å². The van der Waals surface area contributed by atoms with Crippen LogP contribution >= 0.6 is 0 Å². The average Bonchev–Trinajstić information content (AvgIpc) is 1.89. The van der Waals surface area contributed by atoms with Crippen molar-refractivity contribution >= 4 is 5.94 Å². The predicted molar refractivity (Wildman–Crippen MR) is 39.0 cm³/mol. The summed E-state index contributed by atoms with van der Waals surface area (Å²) in [5.41, 5.74) is 0. The molecule has 0 aromatic rings. The van der Waals surface area contributed by atoms with Crippen LogP contribution in [0.4, 0.5) is 0 Å². The van der Waals surface area contributed by atoms with Crippen molar-refractivity contribution in [3.8, 4) is 11.8 Å². The molecule has 0 aliphatic heterocycles. The fraction of sp³-hybridized carbons (Fsp3) is 0.500. The number of hydrogen-bond acceptors (Lipinski definition) is 2. The summed E-state index contributed by atoms with van der Waals surface area (Å²) in [5, 5.41) is 8.95. The molecule has 2 nitrogen and oxygen atoms in total. The van der Waals surface area contributed by atoms with Crippen LogP contribution in [-0.4, -0.2) is 17.2 Å². The summed E-state index contributed by atoms with van der Waals surface area (Å²) >= 11 is 0. The van der Waals surface area contributed by atoms with Gasteiger partial charge in [0.1, 0.15) is 12.0 Å². The van der Waals surface area contributed by atoms with Crippen LogP contribution in [0.15, 0.2) is 6.08 Å². The second-order valence-electron chi connectivity index (χ2n) is 1.86. The Morgan fingerprint density at radius 2 is 2.40 bits per heavy atom. The van der Waals surface area contributed by atoms with Crippen LogP contribution in [0.2, 0.25) is 0 Å². The normalized spacial score (nSPS) is 10.6. The Hall–Kier alpha value is -1.03. The summed E-state index contributed by atoms with van der Waals surface area (Å²) in [5.74, 6) is 6.35. The maximum absolute atomic E-state index is 9.58. The lowest BCUT2D eigenvalue weighted by molar-refractivity contribution is 0.221. The third-order valence-electron chi connectivity index (χ3n) is 0.943. The Morgan fingerprint density at radius 3 is 2.90 bits per heavy atom. The third-order valence-corrected chi connectivity index (χ3v) is 0.943. The average molecular weight is 138 g/mol. The molecule has 0 radical (unpaired) electrons. The maximum atomic E-state index is 9.58. The van der Waals surface area contributed by atoms with E-state index in [4.69, 9.17) is 5.11 Å². The van der Waals surface area contributed by atoms with Gasteiger partial charge in [-0.25, -0.2) is 4.79 Å². The minimum absolute atomic E-state index is 0.602. The molecule has 0 aromatic heterocycles. The van der Waals surface area contributed by atoms with Gasteiger partial charge < -0.3 is 5.11 Å². The first kappa shape index (κ1) is 8.97. The summed E-state index contributed by atoms with van der Waals surface area (Å²) in [6.07, 6.45) is 1.99. The van der Waals surface area contributed by atoms with Gasteiger partial charge in [-0.05, 0) is 6.42 Å². The Morgan fingerprint density at radius 1 is 1.70 bits per heavy atom. The van der Waals surface area contributed by atoms with Gasteiger partial charge in [-0.15, -0.1) is 0 Å². The van der Waals surface area contributed by atoms with Crippen LogP contribution in [0.25, 0.3) is 0 Å². The zero-order chi connectivity index (χ0) is 7.82.